The van der Waals surface area contributed by atoms with E-state index in [1.54, 1.807) is 4.90 Å². The van der Waals surface area contributed by atoms with Gasteiger partial charge in [-0.2, -0.15) is 0 Å². The van der Waals surface area contributed by atoms with Gasteiger partial charge in [0.25, 0.3) is 5.91 Å². The zero-order valence-electron chi connectivity index (χ0n) is 11.1. The SMILES string of the molecule is CCN(C[C@@H]1CCCCO1)C(=O)c1ccncc1F. The van der Waals surface area contributed by atoms with E-state index in [1.807, 2.05) is 6.92 Å². The molecule has 1 aliphatic heterocycles. The van der Waals surface area contributed by atoms with E-state index in [0.717, 1.165) is 32.1 Å². The van der Waals surface area contributed by atoms with E-state index in [4.69, 9.17) is 4.74 Å². The number of halogens is 1. The van der Waals surface area contributed by atoms with Gasteiger partial charge < -0.3 is 9.64 Å². The number of likely N-dealkylation sites (N-methyl/N-ethyl adjacent to an activating group) is 1. The number of hydrogen-bond donors (Lipinski definition) is 0. The minimum absolute atomic E-state index is 0.0718. The van der Waals surface area contributed by atoms with Crippen LogP contribution in [-0.4, -0.2) is 41.6 Å². The Morgan fingerprint density at radius 1 is 1.58 bits per heavy atom. The van der Waals surface area contributed by atoms with E-state index in [-0.39, 0.29) is 17.6 Å². The van der Waals surface area contributed by atoms with Gasteiger partial charge in [-0.15, -0.1) is 0 Å². The lowest BCUT2D eigenvalue weighted by Crippen LogP contribution is -2.40. The summed E-state index contributed by atoms with van der Waals surface area (Å²) in [4.78, 5) is 17.6. The highest BCUT2D eigenvalue weighted by atomic mass is 19.1. The molecule has 1 amide bonds. The third-order valence-electron chi connectivity index (χ3n) is 3.37. The summed E-state index contributed by atoms with van der Waals surface area (Å²) in [5.41, 5.74) is 0.0765. The van der Waals surface area contributed by atoms with Crippen molar-refractivity contribution in [3.8, 4) is 0 Å². The van der Waals surface area contributed by atoms with Crippen molar-refractivity contribution >= 4 is 5.91 Å². The number of rotatable bonds is 4. The van der Waals surface area contributed by atoms with Crippen molar-refractivity contribution in [2.45, 2.75) is 32.3 Å². The van der Waals surface area contributed by atoms with Crippen LogP contribution in [0.2, 0.25) is 0 Å². The summed E-state index contributed by atoms with van der Waals surface area (Å²) < 4.78 is 19.2. The number of nitrogens with zero attached hydrogens (tertiary/aromatic N) is 2. The number of pyridine rings is 1. The molecule has 1 aliphatic rings. The smallest absolute Gasteiger partial charge is 0.257 e. The highest BCUT2D eigenvalue weighted by Crippen LogP contribution is 2.16. The Kier molecular flexibility index (Phi) is 4.85. The van der Waals surface area contributed by atoms with Crippen LogP contribution in [0.1, 0.15) is 36.5 Å². The Morgan fingerprint density at radius 2 is 2.42 bits per heavy atom. The van der Waals surface area contributed by atoms with E-state index in [0.29, 0.717) is 13.1 Å². The zero-order chi connectivity index (χ0) is 13.7. The van der Waals surface area contributed by atoms with Gasteiger partial charge in [0.05, 0.1) is 17.9 Å². The average Bonchev–Trinajstić information content (AvgIpc) is 2.46. The first-order chi connectivity index (χ1) is 9.22. The van der Waals surface area contributed by atoms with Gasteiger partial charge in [-0.05, 0) is 32.3 Å². The van der Waals surface area contributed by atoms with Crippen LogP contribution in [0.5, 0.6) is 0 Å². The van der Waals surface area contributed by atoms with E-state index in [2.05, 4.69) is 4.98 Å². The van der Waals surface area contributed by atoms with Crippen LogP contribution in [0.15, 0.2) is 18.5 Å². The van der Waals surface area contributed by atoms with E-state index in [1.165, 1.54) is 12.3 Å². The maximum atomic E-state index is 13.6. The Labute approximate surface area is 112 Å². The summed E-state index contributed by atoms with van der Waals surface area (Å²) in [6, 6.07) is 1.42. The first kappa shape index (κ1) is 13.9. The molecule has 0 bridgehead atoms. The van der Waals surface area contributed by atoms with Crippen LogP contribution in [0.4, 0.5) is 4.39 Å². The molecule has 0 aromatic carbocycles. The molecule has 0 N–H and O–H groups in total. The van der Waals surface area contributed by atoms with Crippen LogP contribution < -0.4 is 0 Å². The predicted molar refractivity (Wildman–Crippen MR) is 69.4 cm³/mol. The number of ether oxygens (including phenoxy) is 1. The van der Waals surface area contributed by atoms with E-state index < -0.39 is 5.82 Å². The standard InChI is InChI=1S/C14H19FN2O2/c1-2-17(10-11-5-3-4-8-19-11)14(18)12-6-7-16-9-13(12)15/h6-7,9,11H,2-5,8,10H2,1H3/t11-/m0/s1. The summed E-state index contributed by atoms with van der Waals surface area (Å²) in [6.07, 6.45) is 5.74. The molecule has 0 spiro atoms. The number of amides is 1. The number of carbonyl (C=O) groups is 1. The van der Waals surface area contributed by atoms with E-state index >= 15 is 0 Å². The molecule has 4 nitrogen and oxygen atoms in total. The lowest BCUT2D eigenvalue weighted by molar-refractivity contribution is -0.00321. The molecule has 1 saturated heterocycles. The van der Waals surface area contributed by atoms with Crippen molar-refractivity contribution in [3.63, 3.8) is 0 Å². The summed E-state index contributed by atoms with van der Waals surface area (Å²) in [7, 11) is 0. The third-order valence-corrected chi connectivity index (χ3v) is 3.37. The molecule has 1 fully saturated rings. The maximum Gasteiger partial charge on any atom is 0.257 e. The van der Waals surface area contributed by atoms with E-state index in [9.17, 15) is 9.18 Å². The quantitative estimate of drug-likeness (QED) is 0.839. The highest BCUT2D eigenvalue weighted by Gasteiger charge is 2.23. The molecule has 1 aromatic rings. The molecular weight excluding hydrogens is 247 g/mol. The van der Waals surface area contributed by atoms with Crippen molar-refractivity contribution in [2.24, 2.45) is 0 Å². The summed E-state index contributed by atoms with van der Waals surface area (Å²) in [6.45, 7) is 3.71. The lowest BCUT2D eigenvalue weighted by Gasteiger charge is -2.29. The normalized spacial score (nSPS) is 19.2. The van der Waals surface area contributed by atoms with Gasteiger partial charge in [0.2, 0.25) is 0 Å². The maximum absolute atomic E-state index is 13.6. The molecule has 2 heterocycles. The van der Waals surface area contributed by atoms with Gasteiger partial charge in [0.1, 0.15) is 0 Å². The average molecular weight is 266 g/mol. The monoisotopic (exact) mass is 266 g/mol. The number of hydrogen-bond acceptors (Lipinski definition) is 3. The highest BCUT2D eigenvalue weighted by molar-refractivity contribution is 5.94. The molecule has 0 aliphatic carbocycles. The van der Waals surface area contributed by atoms with Crippen molar-refractivity contribution < 1.29 is 13.9 Å². The fourth-order valence-corrected chi connectivity index (χ4v) is 2.27. The van der Waals surface area contributed by atoms with Crippen molar-refractivity contribution in [2.75, 3.05) is 19.7 Å². The molecule has 1 aromatic heterocycles. The number of aromatic nitrogens is 1. The fourth-order valence-electron chi connectivity index (χ4n) is 2.27. The molecule has 104 valence electrons. The molecule has 0 unspecified atom stereocenters. The van der Waals surface area contributed by atoms with Crippen LogP contribution in [0.25, 0.3) is 0 Å². The molecule has 2 rings (SSSR count). The van der Waals surface area contributed by atoms with Crippen LogP contribution >= 0.6 is 0 Å². The van der Waals surface area contributed by atoms with Crippen LogP contribution in [0.3, 0.4) is 0 Å². The minimum Gasteiger partial charge on any atom is -0.376 e. The number of carbonyl (C=O) groups excluding carboxylic acids is 1. The van der Waals surface area contributed by atoms with Crippen molar-refractivity contribution in [1.29, 1.82) is 0 Å². The largest absolute Gasteiger partial charge is 0.376 e. The second-order valence-electron chi connectivity index (χ2n) is 4.69. The first-order valence-electron chi connectivity index (χ1n) is 6.72. The molecule has 0 radical (unpaired) electrons. The molecule has 19 heavy (non-hydrogen) atoms. The summed E-state index contributed by atoms with van der Waals surface area (Å²) >= 11 is 0. The molecule has 5 heteroatoms. The molecule has 0 saturated carbocycles. The Hall–Kier alpha value is -1.49. The Bertz CT molecular complexity index is 433. The van der Waals surface area contributed by atoms with Crippen LogP contribution in [0, 0.1) is 5.82 Å². The Balaban J connectivity index is 2.04. The molecular formula is C14H19FN2O2. The van der Waals surface area contributed by atoms with Crippen molar-refractivity contribution in [3.05, 3.63) is 29.8 Å². The summed E-state index contributed by atoms with van der Waals surface area (Å²) in [5, 5.41) is 0. The van der Waals surface area contributed by atoms with Gasteiger partial charge in [0, 0.05) is 25.9 Å². The second-order valence-corrected chi connectivity index (χ2v) is 4.69. The summed E-state index contributed by atoms with van der Waals surface area (Å²) in [5.74, 6) is -0.868. The molecule has 1 atom stereocenters. The lowest BCUT2D eigenvalue weighted by atomic mass is 10.1. The Morgan fingerprint density at radius 3 is 3.05 bits per heavy atom. The first-order valence-corrected chi connectivity index (χ1v) is 6.72. The topological polar surface area (TPSA) is 42.4 Å². The fraction of sp³-hybridized carbons (Fsp3) is 0.571. The minimum atomic E-state index is -0.574. The van der Waals surface area contributed by atoms with Gasteiger partial charge in [-0.1, -0.05) is 0 Å². The van der Waals surface area contributed by atoms with Crippen LogP contribution in [-0.2, 0) is 4.74 Å². The van der Waals surface area contributed by atoms with Gasteiger partial charge >= 0.3 is 0 Å². The predicted octanol–water partition coefficient (Wildman–Crippen LogP) is 2.25. The van der Waals surface area contributed by atoms with Gasteiger partial charge in [0.15, 0.2) is 5.82 Å². The van der Waals surface area contributed by atoms with Gasteiger partial charge in [-0.3, -0.25) is 9.78 Å². The third kappa shape index (κ3) is 3.50. The van der Waals surface area contributed by atoms with Gasteiger partial charge in [-0.25, -0.2) is 4.39 Å². The van der Waals surface area contributed by atoms with Crippen molar-refractivity contribution in [1.82, 2.24) is 9.88 Å². The second kappa shape index (κ2) is 6.61. The zero-order valence-corrected chi connectivity index (χ0v) is 11.1.